The number of aliphatic imine (C=N–C) groups is 1. The molecule has 1 atom stereocenters. The van der Waals surface area contributed by atoms with E-state index in [1.165, 1.54) is 30.8 Å². The summed E-state index contributed by atoms with van der Waals surface area (Å²) in [5.74, 6) is -0.0124. The maximum atomic E-state index is 13.3. The second-order valence-corrected chi connectivity index (χ2v) is 6.44. The van der Waals surface area contributed by atoms with E-state index in [1.807, 2.05) is 0 Å². The number of allylic oxidation sites excluding steroid dienone is 1. The minimum absolute atomic E-state index is 0.120. The standard InChI is InChI=1S/C17H16ClFN2OS/c1-5-23-11(4)17-20-9(2)15(10(3)22)16(21-17)13-7-6-12(19)8-14(13)18/h5-8,16H,1,4H2,2-3H3,(H,20,21). The minimum Gasteiger partial charge on any atom is -0.343 e. The molecule has 3 nitrogen and oxygen atoms in total. The molecule has 1 N–H and O–H groups in total. The van der Waals surface area contributed by atoms with Gasteiger partial charge >= 0.3 is 0 Å². The Morgan fingerprint density at radius 1 is 1.52 bits per heavy atom. The Hall–Kier alpha value is -1.85. The van der Waals surface area contributed by atoms with Gasteiger partial charge in [-0.25, -0.2) is 4.39 Å². The predicted molar refractivity (Wildman–Crippen MR) is 95.0 cm³/mol. The molecule has 1 aliphatic rings. The Morgan fingerprint density at radius 3 is 2.78 bits per heavy atom. The molecule has 1 aliphatic heterocycles. The van der Waals surface area contributed by atoms with Crippen molar-refractivity contribution in [2.45, 2.75) is 19.9 Å². The molecule has 0 radical (unpaired) electrons. The van der Waals surface area contributed by atoms with Crippen LogP contribution in [0.4, 0.5) is 4.39 Å². The molecule has 120 valence electrons. The molecule has 6 heteroatoms. The summed E-state index contributed by atoms with van der Waals surface area (Å²) in [5, 5.41) is 4.96. The molecule has 2 rings (SSSR count). The summed E-state index contributed by atoms with van der Waals surface area (Å²) in [6.45, 7) is 10.8. The molecule has 0 amide bonds. The lowest BCUT2D eigenvalue weighted by Crippen LogP contribution is -2.31. The molecule has 1 unspecified atom stereocenters. The average molecular weight is 351 g/mol. The molecule has 0 aliphatic carbocycles. The summed E-state index contributed by atoms with van der Waals surface area (Å²) in [4.78, 5) is 17.3. The molecule has 0 saturated carbocycles. The van der Waals surface area contributed by atoms with E-state index < -0.39 is 11.9 Å². The molecule has 0 aromatic heterocycles. The maximum absolute atomic E-state index is 13.3. The molecule has 1 aromatic rings. The van der Waals surface area contributed by atoms with Gasteiger partial charge in [0, 0.05) is 26.8 Å². The highest BCUT2D eigenvalue weighted by Gasteiger charge is 2.29. The Labute approximate surface area is 144 Å². The third kappa shape index (κ3) is 3.74. The van der Waals surface area contributed by atoms with E-state index in [-0.39, 0.29) is 10.8 Å². The van der Waals surface area contributed by atoms with Crippen molar-refractivity contribution >= 4 is 35.0 Å². The van der Waals surface area contributed by atoms with Crippen molar-refractivity contribution in [2.24, 2.45) is 4.99 Å². The number of thioether (sulfide) groups is 1. The van der Waals surface area contributed by atoms with Gasteiger partial charge in [-0.3, -0.25) is 9.79 Å². The third-order valence-corrected chi connectivity index (χ3v) is 4.34. The van der Waals surface area contributed by atoms with Crippen molar-refractivity contribution < 1.29 is 9.18 Å². The number of nitrogens with zero attached hydrogens (tertiary/aromatic N) is 1. The molecular formula is C17H16ClFN2OS. The van der Waals surface area contributed by atoms with Crippen LogP contribution in [0.3, 0.4) is 0 Å². The van der Waals surface area contributed by atoms with Gasteiger partial charge in [0.1, 0.15) is 17.7 Å². The van der Waals surface area contributed by atoms with E-state index >= 15 is 0 Å². The van der Waals surface area contributed by atoms with Gasteiger partial charge in [-0.15, -0.1) is 0 Å². The Bertz CT molecular complexity index is 755. The fourth-order valence-electron chi connectivity index (χ4n) is 2.38. The first-order valence-electron chi connectivity index (χ1n) is 6.83. The molecule has 0 bridgehead atoms. The summed E-state index contributed by atoms with van der Waals surface area (Å²) < 4.78 is 13.3. The summed E-state index contributed by atoms with van der Waals surface area (Å²) in [7, 11) is 0. The predicted octanol–water partition coefficient (Wildman–Crippen LogP) is 4.78. The van der Waals surface area contributed by atoms with Crippen molar-refractivity contribution in [3.8, 4) is 0 Å². The SMILES string of the molecule is C=CSC(=C)C1=NC(c2ccc(F)cc2Cl)C(C(C)=O)=C(C)N1. The van der Waals surface area contributed by atoms with E-state index in [0.717, 1.165) is 0 Å². The second kappa shape index (κ2) is 7.15. The van der Waals surface area contributed by atoms with Gasteiger partial charge in [0.05, 0.1) is 0 Å². The number of benzene rings is 1. The second-order valence-electron chi connectivity index (χ2n) is 4.97. The molecular weight excluding hydrogens is 335 g/mol. The molecule has 1 aromatic carbocycles. The Balaban J connectivity index is 2.56. The van der Waals surface area contributed by atoms with Crippen molar-refractivity contribution in [1.29, 1.82) is 0 Å². The number of hydrogen-bond donors (Lipinski definition) is 1. The van der Waals surface area contributed by atoms with E-state index in [4.69, 9.17) is 11.6 Å². The summed E-state index contributed by atoms with van der Waals surface area (Å²) >= 11 is 7.49. The van der Waals surface area contributed by atoms with Crippen LogP contribution in [0.15, 0.2) is 57.9 Å². The minimum atomic E-state index is -0.598. The van der Waals surface area contributed by atoms with Crippen LogP contribution in [0.5, 0.6) is 0 Å². The highest BCUT2D eigenvalue weighted by molar-refractivity contribution is 8.06. The monoisotopic (exact) mass is 350 g/mol. The molecule has 0 saturated heterocycles. The van der Waals surface area contributed by atoms with Gasteiger partial charge < -0.3 is 5.32 Å². The number of amidine groups is 1. The fourth-order valence-corrected chi connectivity index (χ4v) is 3.07. The molecule has 1 heterocycles. The van der Waals surface area contributed by atoms with Gasteiger partial charge in [-0.2, -0.15) is 0 Å². The largest absolute Gasteiger partial charge is 0.343 e. The van der Waals surface area contributed by atoms with Gasteiger partial charge in [-0.05, 0) is 31.4 Å². The maximum Gasteiger partial charge on any atom is 0.160 e. The first-order valence-corrected chi connectivity index (χ1v) is 8.09. The van der Waals surface area contributed by atoms with Crippen molar-refractivity contribution in [2.75, 3.05) is 0 Å². The summed E-state index contributed by atoms with van der Waals surface area (Å²) in [6, 6.07) is 3.47. The average Bonchev–Trinajstić information content (AvgIpc) is 2.46. The zero-order chi connectivity index (χ0) is 17.1. The van der Waals surface area contributed by atoms with Crippen LogP contribution in [0.25, 0.3) is 0 Å². The first-order chi connectivity index (χ1) is 10.8. The number of nitrogens with one attached hydrogen (secondary N) is 1. The number of hydrogen-bond acceptors (Lipinski definition) is 4. The van der Waals surface area contributed by atoms with Gasteiger partial charge in [-0.1, -0.05) is 42.6 Å². The van der Waals surface area contributed by atoms with E-state index in [0.29, 0.717) is 27.6 Å². The van der Waals surface area contributed by atoms with Gasteiger partial charge in [0.2, 0.25) is 0 Å². The van der Waals surface area contributed by atoms with Crippen molar-refractivity contribution in [3.63, 3.8) is 0 Å². The number of halogens is 2. The Morgan fingerprint density at radius 2 is 2.22 bits per heavy atom. The number of carbonyl (C=O) groups excluding carboxylic acids is 1. The van der Waals surface area contributed by atoms with Crippen LogP contribution in [-0.4, -0.2) is 11.6 Å². The molecule has 0 fully saturated rings. The smallest absolute Gasteiger partial charge is 0.160 e. The lowest BCUT2D eigenvalue weighted by atomic mass is 9.93. The van der Waals surface area contributed by atoms with Gasteiger partial charge in [0.25, 0.3) is 0 Å². The van der Waals surface area contributed by atoms with Crippen LogP contribution in [-0.2, 0) is 4.79 Å². The molecule has 23 heavy (non-hydrogen) atoms. The van der Waals surface area contributed by atoms with Crippen molar-refractivity contribution in [3.05, 3.63) is 69.3 Å². The summed E-state index contributed by atoms with van der Waals surface area (Å²) in [6.07, 6.45) is 0. The van der Waals surface area contributed by atoms with Crippen LogP contribution < -0.4 is 5.32 Å². The van der Waals surface area contributed by atoms with Crippen molar-refractivity contribution in [1.82, 2.24) is 5.32 Å². The van der Waals surface area contributed by atoms with Crippen LogP contribution in [0.2, 0.25) is 5.02 Å². The Kier molecular flexibility index (Phi) is 5.44. The zero-order valence-electron chi connectivity index (χ0n) is 12.8. The van der Waals surface area contributed by atoms with E-state index in [1.54, 1.807) is 18.4 Å². The topological polar surface area (TPSA) is 41.5 Å². The number of rotatable bonds is 5. The third-order valence-electron chi connectivity index (χ3n) is 3.37. The van der Waals surface area contributed by atoms with Crippen LogP contribution in [0, 0.1) is 5.82 Å². The number of Topliss-reactive ketones (excluding diaryl/α,β-unsaturated/α-hetero) is 1. The summed E-state index contributed by atoms with van der Waals surface area (Å²) in [5.41, 5.74) is 1.75. The van der Waals surface area contributed by atoms with Gasteiger partial charge in [0.15, 0.2) is 5.78 Å². The quantitative estimate of drug-likeness (QED) is 0.831. The van der Waals surface area contributed by atoms with E-state index in [2.05, 4.69) is 23.5 Å². The number of carbonyl (C=O) groups is 1. The van der Waals surface area contributed by atoms with E-state index in [9.17, 15) is 9.18 Å². The lowest BCUT2D eigenvalue weighted by Gasteiger charge is -2.27. The first kappa shape index (κ1) is 17.5. The van der Waals surface area contributed by atoms with Crippen LogP contribution in [0.1, 0.15) is 25.5 Å². The zero-order valence-corrected chi connectivity index (χ0v) is 14.4. The highest BCUT2D eigenvalue weighted by Crippen LogP contribution is 2.36. The lowest BCUT2D eigenvalue weighted by molar-refractivity contribution is -0.113. The van der Waals surface area contributed by atoms with Crippen LogP contribution >= 0.6 is 23.4 Å². The molecule has 0 spiro atoms. The normalized spacial score (nSPS) is 17.4. The fraction of sp³-hybridized carbons (Fsp3) is 0.176. The highest BCUT2D eigenvalue weighted by atomic mass is 35.5. The number of ketones is 1.